The highest BCUT2D eigenvalue weighted by molar-refractivity contribution is 9.10. The van der Waals surface area contributed by atoms with E-state index in [1.807, 2.05) is 25.4 Å². The summed E-state index contributed by atoms with van der Waals surface area (Å²) in [4.78, 5) is 4.06. The molecule has 0 spiro atoms. The van der Waals surface area contributed by atoms with Crippen molar-refractivity contribution in [1.29, 1.82) is 0 Å². The van der Waals surface area contributed by atoms with Gasteiger partial charge in [-0.15, -0.1) is 0 Å². The van der Waals surface area contributed by atoms with Crippen LogP contribution in [-0.4, -0.2) is 9.55 Å². The van der Waals surface area contributed by atoms with Crippen LogP contribution in [-0.2, 0) is 7.05 Å². The smallest absolute Gasteiger partial charge is 0.301 e. The molecule has 2 N–H and O–H groups in total. The van der Waals surface area contributed by atoms with Crippen molar-refractivity contribution in [3.8, 4) is 11.8 Å². The zero-order valence-electron chi connectivity index (χ0n) is 8.14. The second-order valence-electron chi connectivity index (χ2n) is 3.08. The zero-order chi connectivity index (χ0) is 10.8. The molecular formula is C10H10BrN3O. The number of rotatable bonds is 2. The van der Waals surface area contributed by atoms with Gasteiger partial charge in [-0.3, -0.25) is 0 Å². The van der Waals surface area contributed by atoms with Gasteiger partial charge in [-0.25, -0.2) is 4.98 Å². The minimum absolute atomic E-state index is 0.529. The average Bonchev–Trinajstić information content (AvgIpc) is 2.60. The number of halogens is 1. The van der Waals surface area contributed by atoms with Crippen LogP contribution >= 0.6 is 15.9 Å². The van der Waals surface area contributed by atoms with Crippen LogP contribution in [0.1, 0.15) is 0 Å². The highest BCUT2D eigenvalue weighted by Crippen LogP contribution is 2.32. The van der Waals surface area contributed by atoms with Crippen LogP contribution in [0.4, 0.5) is 5.69 Å². The second-order valence-corrected chi connectivity index (χ2v) is 3.88. The average molecular weight is 268 g/mol. The lowest BCUT2D eigenvalue weighted by Gasteiger charge is -2.08. The molecule has 0 unspecified atom stereocenters. The minimum atomic E-state index is 0.529. The molecule has 0 aliphatic rings. The number of nitrogens with two attached hydrogens (primary N) is 1. The van der Waals surface area contributed by atoms with Gasteiger partial charge in [-0.2, -0.15) is 0 Å². The summed E-state index contributed by atoms with van der Waals surface area (Å²) in [5.41, 5.74) is 6.37. The van der Waals surface area contributed by atoms with E-state index >= 15 is 0 Å². The first kappa shape index (κ1) is 10.0. The topological polar surface area (TPSA) is 53.1 Å². The summed E-state index contributed by atoms with van der Waals surface area (Å²) < 4.78 is 8.12. The summed E-state index contributed by atoms with van der Waals surface area (Å²) in [7, 11) is 1.86. The summed E-state index contributed by atoms with van der Waals surface area (Å²) >= 11 is 3.36. The number of nitrogens with zero attached hydrogens (tertiary/aromatic N) is 2. The number of anilines is 1. The first-order chi connectivity index (χ1) is 7.18. The van der Waals surface area contributed by atoms with Gasteiger partial charge < -0.3 is 15.0 Å². The van der Waals surface area contributed by atoms with E-state index in [0.29, 0.717) is 17.4 Å². The Kier molecular flexibility index (Phi) is 2.64. The molecule has 15 heavy (non-hydrogen) atoms. The van der Waals surface area contributed by atoms with Crippen LogP contribution in [0.5, 0.6) is 11.8 Å². The Balaban J connectivity index is 2.33. The molecule has 0 aliphatic carbocycles. The molecule has 0 fully saturated rings. The molecule has 2 aromatic rings. The van der Waals surface area contributed by atoms with Crippen LogP contribution < -0.4 is 10.5 Å². The maximum atomic E-state index is 5.73. The van der Waals surface area contributed by atoms with E-state index < -0.39 is 0 Å². The fraction of sp³-hybridized carbons (Fsp3) is 0.100. The van der Waals surface area contributed by atoms with Crippen molar-refractivity contribution in [2.45, 2.75) is 0 Å². The monoisotopic (exact) mass is 267 g/mol. The van der Waals surface area contributed by atoms with E-state index in [1.165, 1.54) is 0 Å². The van der Waals surface area contributed by atoms with Crippen LogP contribution in [0.25, 0.3) is 0 Å². The van der Waals surface area contributed by atoms with Crippen LogP contribution in [0, 0.1) is 0 Å². The number of aryl methyl sites for hydroxylation is 1. The van der Waals surface area contributed by atoms with Crippen molar-refractivity contribution in [1.82, 2.24) is 9.55 Å². The Hall–Kier alpha value is -1.49. The molecule has 0 aliphatic heterocycles. The molecule has 78 valence electrons. The van der Waals surface area contributed by atoms with Crippen molar-refractivity contribution >= 4 is 21.6 Å². The molecule has 5 heteroatoms. The summed E-state index contributed by atoms with van der Waals surface area (Å²) in [6, 6.07) is 5.99. The van der Waals surface area contributed by atoms with Gasteiger partial charge in [0, 0.05) is 25.1 Å². The van der Waals surface area contributed by atoms with Gasteiger partial charge in [-0.05, 0) is 28.1 Å². The molecule has 1 aromatic heterocycles. The molecule has 2 rings (SSSR count). The predicted octanol–water partition coefficient (Wildman–Crippen LogP) is 2.56. The van der Waals surface area contributed by atoms with E-state index in [1.54, 1.807) is 16.8 Å². The fourth-order valence-corrected chi connectivity index (χ4v) is 1.50. The Bertz CT molecular complexity index is 481. The first-order valence-corrected chi connectivity index (χ1v) is 5.17. The number of imidazole rings is 1. The van der Waals surface area contributed by atoms with Gasteiger partial charge >= 0.3 is 6.01 Å². The molecule has 1 heterocycles. The van der Waals surface area contributed by atoms with Gasteiger partial charge in [0.1, 0.15) is 5.75 Å². The van der Waals surface area contributed by atoms with Crippen molar-refractivity contribution in [2.24, 2.45) is 7.05 Å². The summed E-state index contributed by atoms with van der Waals surface area (Å²) in [5.74, 6) is 0.657. The van der Waals surface area contributed by atoms with E-state index in [9.17, 15) is 0 Å². The number of nitrogen functional groups attached to an aromatic ring is 1. The Morgan fingerprint density at radius 3 is 2.93 bits per heavy atom. The molecule has 0 radical (unpaired) electrons. The third-order valence-corrected chi connectivity index (χ3v) is 2.82. The van der Waals surface area contributed by atoms with E-state index in [2.05, 4.69) is 20.9 Å². The Labute approximate surface area is 95.8 Å². The van der Waals surface area contributed by atoms with E-state index in [-0.39, 0.29) is 0 Å². The Morgan fingerprint density at radius 1 is 1.47 bits per heavy atom. The lowest BCUT2D eigenvalue weighted by atomic mass is 10.3. The number of ether oxygens (including phenoxy) is 1. The maximum absolute atomic E-state index is 5.73. The van der Waals surface area contributed by atoms with Gasteiger partial charge in [0.05, 0.1) is 4.47 Å². The highest BCUT2D eigenvalue weighted by Gasteiger charge is 2.07. The minimum Gasteiger partial charge on any atom is -0.424 e. The number of benzene rings is 1. The summed E-state index contributed by atoms with van der Waals surface area (Å²) in [6.45, 7) is 0. The van der Waals surface area contributed by atoms with E-state index in [4.69, 9.17) is 10.5 Å². The summed E-state index contributed by atoms with van der Waals surface area (Å²) in [6.07, 6.45) is 3.49. The number of hydrogen-bond donors (Lipinski definition) is 1. The lowest BCUT2D eigenvalue weighted by molar-refractivity contribution is 0.423. The fourth-order valence-electron chi connectivity index (χ4n) is 1.16. The normalized spacial score (nSPS) is 10.3. The molecule has 0 saturated carbocycles. The van der Waals surface area contributed by atoms with E-state index in [0.717, 1.165) is 4.47 Å². The van der Waals surface area contributed by atoms with Crippen molar-refractivity contribution < 1.29 is 4.74 Å². The zero-order valence-corrected chi connectivity index (χ0v) is 9.73. The molecule has 0 atom stereocenters. The standard InChI is InChI=1S/C10H10BrN3O/c1-14-6-5-13-10(14)15-8-4-2-3-7(12)9(8)11/h2-6H,12H2,1H3. The molecule has 0 amide bonds. The third kappa shape index (κ3) is 1.97. The number of aromatic nitrogens is 2. The van der Waals surface area contributed by atoms with Gasteiger partial charge in [0.15, 0.2) is 0 Å². The third-order valence-electron chi connectivity index (χ3n) is 1.97. The molecular weight excluding hydrogens is 258 g/mol. The molecule has 4 nitrogen and oxygen atoms in total. The largest absolute Gasteiger partial charge is 0.424 e. The predicted molar refractivity (Wildman–Crippen MR) is 61.8 cm³/mol. The lowest BCUT2D eigenvalue weighted by Crippen LogP contribution is -1.95. The Morgan fingerprint density at radius 2 is 2.27 bits per heavy atom. The maximum Gasteiger partial charge on any atom is 0.301 e. The number of hydrogen-bond acceptors (Lipinski definition) is 3. The van der Waals surface area contributed by atoms with Gasteiger partial charge in [-0.1, -0.05) is 6.07 Å². The van der Waals surface area contributed by atoms with Crippen LogP contribution in [0.2, 0.25) is 0 Å². The molecule has 0 bridgehead atoms. The van der Waals surface area contributed by atoms with Gasteiger partial charge in [0.25, 0.3) is 0 Å². The highest BCUT2D eigenvalue weighted by atomic mass is 79.9. The van der Waals surface area contributed by atoms with Crippen LogP contribution in [0.3, 0.4) is 0 Å². The molecule has 0 saturated heterocycles. The van der Waals surface area contributed by atoms with Crippen molar-refractivity contribution in [2.75, 3.05) is 5.73 Å². The van der Waals surface area contributed by atoms with Crippen LogP contribution in [0.15, 0.2) is 35.1 Å². The quantitative estimate of drug-likeness (QED) is 0.851. The summed E-state index contributed by atoms with van der Waals surface area (Å²) in [5, 5.41) is 0. The SMILES string of the molecule is Cn1ccnc1Oc1cccc(N)c1Br. The van der Waals surface area contributed by atoms with Crippen molar-refractivity contribution in [3.05, 3.63) is 35.1 Å². The first-order valence-electron chi connectivity index (χ1n) is 4.37. The van der Waals surface area contributed by atoms with Crippen molar-refractivity contribution in [3.63, 3.8) is 0 Å². The molecule has 1 aromatic carbocycles. The van der Waals surface area contributed by atoms with Gasteiger partial charge in [0.2, 0.25) is 0 Å². The second kappa shape index (κ2) is 3.94.